The standard InChI is InChI=1S/C18H21BrClN7O3/c19-13-9-12(15(28)14(20)10-13)11-21-25-16-22-17(26-1-5-29-6-2-26)24-18(23-16)27-3-7-30-8-4-27/h9-11,28H,1-8H2,(H,22,23,24,25)/b21-11-. The predicted molar refractivity (Wildman–Crippen MR) is 118 cm³/mol. The molecular formula is C18H21BrClN7O3. The second-order valence-corrected chi connectivity index (χ2v) is 7.98. The highest BCUT2D eigenvalue weighted by Gasteiger charge is 2.20. The van der Waals surface area contributed by atoms with E-state index in [1.165, 1.54) is 6.21 Å². The minimum absolute atomic E-state index is 0.0518. The Labute approximate surface area is 187 Å². The molecule has 0 saturated carbocycles. The highest BCUT2D eigenvalue weighted by atomic mass is 79.9. The number of nitrogens with zero attached hydrogens (tertiary/aromatic N) is 6. The molecule has 1 aromatic heterocycles. The van der Waals surface area contributed by atoms with Crippen LogP contribution in [0.1, 0.15) is 5.56 Å². The number of hydrogen-bond acceptors (Lipinski definition) is 10. The lowest BCUT2D eigenvalue weighted by Crippen LogP contribution is -2.40. The number of hydrazone groups is 1. The molecule has 0 radical (unpaired) electrons. The molecule has 0 amide bonds. The first kappa shape index (κ1) is 21.0. The number of ether oxygens (including phenoxy) is 2. The van der Waals surface area contributed by atoms with Gasteiger partial charge < -0.3 is 24.4 Å². The molecule has 160 valence electrons. The van der Waals surface area contributed by atoms with E-state index >= 15 is 0 Å². The molecular weight excluding hydrogens is 478 g/mol. The summed E-state index contributed by atoms with van der Waals surface area (Å²) in [4.78, 5) is 17.8. The Kier molecular flexibility index (Phi) is 6.82. The van der Waals surface area contributed by atoms with Crippen molar-refractivity contribution < 1.29 is 14.6 Å². The van der Waals surface area contributed by atoms with Gasteiger partial charge in [-0.15, -0.1) is 0 Å². The maximum atomic E-state index is 10.1. The van der Waals surface area contributed by atoms with Crippen LogP contribution < -0.4 is 15.2 Å². The normalized spacial score (nSPS) is 17.5. The Hall–Kier alpha value is -2.21. The van der Waals surface area contributed by atoms with Gasteiger partial charge in [-0.05, 0) is 12.1 Å². The first-order chi connectivity index (χ1) is 14.6. The Morgan fingerprint density at radius 1 is 1.00 bits per heavy atom. The van der Waals surface area contributed by atoms with Gasteiger partial charge in [-0.1, -0.05) is 27.5 Å². The summed E-state index contributed by atoms with van der Waals surface area (Å²) in [6.45, 7) is 5.34. The van der Waals surface area contributed by atoms with E-state index in [-0.39, 0.29) is 10.8 Å². The van der Waals surface area contributed by atoms with Gasteiger partial charge in [-0.25, -0.2) is 5.43 Å². The van der Waals surface area contributed by atoms with Gasteiger partial charge >= 0.3 is 0 Å². The molecule has 0 atom stereocenters. The topological polar surface area (TPSA) is 108 Å². The summed E-state index contributed by atoms with van der Waals surface area (Å²) in [6, 6.07) is 3.31. The molecule has 0 unspecified atom stereocenters. The molecule has 0 aliphatic carbocycles. The fourth-order valence-corrected chi connectivity index (χ4v) is 3.89. The number of hydrogen-bond donors (Lipinski definition) is 2. The molecule has 2 aromatic rings. The smallest absolute Gasteiger partial charge is 0.250 e. The summed E-state index contributed by atoms with van der Waals surface area (Å²) < 4.78 is 11.6. The van der Waals surface area contributed by atoms with Crippen molar-refractivity contribution in [1.29, 1.82) is 0 Å². The van der Waals surface area contributed by atoms with Gasteiger partial charge in [0.2, 0.25) is 17.8 Å². The van der Waals surface area contributed by atoms with E-state index in [1.807, 2.05) is 0 Å². The van der Waals surface area contributed by atoms with Crippen molar-refractivity contribution >= 4 is 51.6 Å². The minimum Gasteiger partial charge on any atom is -0.506 e. The number of phenols is 1. The number of morpholine rings is 2. The molecule has 2 aliphatic heterocycles. The van der Waals surface area contributed by atoms with E-state index in [0.717, 1.165) is 4.47 Å². The largest absolute Gasteiger partial charge is 0.506 e. The second-order valence-electron chi connectivity index (χ2n) is 6.65. The van der Waals surface area contributed by atoms with Gasteiger partial charge in [0.25, 0.3) is 0 Å². The molecule has 10 nitrogen and oxygen atoms in total. The monoisotopic (exact) mass is 497 g/mol. The van der Waals surface area contributed by atoms with Crippen LogP contribution in [0.3, 0.4) is 0 Å². The predicted octanol–water partition coefficient (Wildman–Crippen LogP) is 2.11. The van der Waals surface area contributed by atoms with Crippen LogP contribution in [0.15, 0.2) is 21.7 Å². The van der Waals surface area contributed by atoms with Crippen molar-refractivity contribution in [2.75, 3.05) is 67.8 Å². The van der Waals surface area contributed by atoms with Gasteiger partial charge in [-0.2, -0.15) is 20.1 Å². The van der Waals surface area contributed by atoms with E-state index in [1.54, 1.807) is 12.1 Å². The number of benzene rings is 1. The number of aromatic nitrogens is 3. The first-order valence-electron chi connectivity index (χ1n) is 9.49. The molecule has 4 rings (SSSR count). The minimum atomic E-state index is -0.0518. The summed E-state index contributed by atoms with van der Waals surface area (Å²) in [7, 11) is 0. The number of phenolic OH excluding ortho intramolecular Hbond substituents is 1. The highest BCUT2D eigenvalue weighted by Crippen LogP contribution is 2.30. The van der Waals surface area contributed by atoms with E-state index < -0.39 is 0 Å². The van der Waals surface area contributed by atoms with Crippen LogP contribution in [0.5, 0.6) is 5.75 Å². The van der Waals surface area contributed by atoms with Crippen molar-refractivity contribution in [3.8, 4) is 5.75 Å². The fraction of sp³-hybridized carbons (Fsp3) is 0.444. The molecule has 1 aromatic carbocycles. The lowest BCUT2D eigenvalue weighted by atomic mass is 10.2. The average molecular weight is 499 g/mol. The lowest BCUT2D eigenvalue weighted by Gasteiger charge is -2.30. The molecule has 2 aliphatic rings. The number of nitrogens with one attached hydrogen (secondary N) is 1. The Bertz CT molecular complexity index is 885. The number of halogens is 2. The van der Waals surface area contributed by atoms with Crippen LogP contribution in [-0.4, -0.2) is 78.9 Å². The maximum absolute atomic E-state index is 10.1. The van der Waals surface area contributed by atoms with Gasteiger partial charge in [0.1, 0.15) is 5.75 Å². The molecule has 0 bridgehead atoms. The lowest BCUT2D eigenvalue weighted by molar-refractivity contribution is 0.121. The van der Waals surface area contributed by atoms with Crippen molar-refractivity contribution in [3.63, 3.8) is 0 Å². The molecule has 12 heteroatoms. The number of aromatic hydroxyl groups is 1. The van der Waals surface area contributed by atoms with Crippen LogP contribution in [0.4, 0.5) is 17.8 Å². The van der Waals surface area contributed by atoms with Crippen LogP contribution in [0, 0.1) is 0 Å². The van der Waals surface area contributed by atoms with Crippen LogP contribution in [0.25, 0.3) is 0 Å². The fourth-order valence-electron chi connectivity index (χ4n) is 3.06. The quantitative estimate of drug-likeness (QED) is 0.473. The maximum Gasteiger partial charge on any atom is 0.250 e. The molecule has 30 heavy (non-hydrogen) atoms. The van der Waals surface area contributed by atoms with E-state index in [0.29, 0.717) is 76.0 Å². The van der Waals surface area contributed by atoms with Crippen LogP contribution in [-0.2, 0) is 9.47 Å². The molecule has 2 saturated heterocycles. The molecule has 2 fully saturated rings. The van der Waals surface area contributed by atoms with Crippen molar-refractivity contribution in [1.82, 2.24) is 15.0 Å². The highest BCUT2D eigenvalue weighted by molar-refractivity contribution is 9.10. The number of rotatable bonds is 5. The zero-order valence-corrected chi connectivity index (χ0v) is 18.4. The Morgan fingerprint density at radius 3 is 2.13 bits per heavy atom. The summed E-state index contributed by atoms with van der Waals surface area (Å²) in [6.07, 6.45) is 1.46. The SMILES string of the molecule is Oc1c(Cl)cc(Br)cc1/C=N\Nc1nc(N2CCOCC2)nc(N2CCOCC2)n1. The van der Waals surface area contributed by atoms with Gasteiger partial charge in [0, 0.05) is 36.2 Å². The van der Waals surface area contributed by atoms with Crippen LogP contribution in [0.2, 0.25) is 5.02 Å². The second kappa shape index (κ2) is 9.73. The summed E-state index contributed by atoms with van der Waals surface area (Å²) in [5.74, 6) is 1.40. The third-order valence-electron chi connectivity index (χ3n) is 4.63. The summed E-state index contributed by atoms with van der Waals surface area (Å²) in [5, 5.41) is 14.5. The zero-order valence-electron chi connectivity index (χ0n) is 16.1. The van der Waals surface area contributed by atoms with E-state index in [2.05, 4.69) is 51.2 Å². The van der Waals surface area contributed by atoms with Gasteiger partial charge in [0.15, 0.2) is 0 Å². The van der Waals surface area contributed by atoms with Gasteiger partial charge in [0.05, 0.1) is 37.7 Å². The zero-order chi connectivity index (χ0) is 20.9. The first-order valence-corrected chi connectivity index (χ1v) is 10.7. The number of anilines is 3. The molecule has 0 spiro atoms. The van der Waals surface area contributed by atoms with Crippen LogP contribution >= 0.6 is 27.5 Å². The summed E-state index contributed by atoms with van der Waals surface area (Å²) >= 11 is 9.35. The molecule has 3 heterocycles. The Morgan fingerprint density at radius 2 is 1.57 bits per heavy atom. The van der Waals surface area contributed by atoms with Gasteiger partial charge in [-0.3, -0.25) is 0 Å². The summed E-state index contributed by atoms with van der Waals surface area (Å²) in [5.41, 5.74) is 3.30. The third kappa shape index (κ3) is 5.09. The Balaban J connectivity index is 1.58. The third-order valence-corrected chi connectivity index (χ3v) is 5.37. The molecule has 2 N–H and O–H groups in total. The van der Waals surface area contributed by atoms with E-state index in [4.69, 9.17) is 21.1 Å². The van der Waals surface area contributed by atoms with Crippen molar-refractivity contribution in [3.05, 3.63) is 27.2 Å². The van der Waals surface area contributed by atoms with E-state index in [9.17, 15) is 5.11 Å². The average Bonchev–Trinajstić information content (AvgIpc) is 2.78. The van der Waals surface area contributed by atoms with Crippen molar-refractivity contribution in [2.24, 2.45) is 5.10 Å². The van der Waals surface area contributed by atoms with Crippen molar-refractivity contribution in [2.45, 2.75) is 0 Å².